The number of fused-ring (bicyclic) bond motifs is 12. The van der Waals surface area contributed by atoms with Crippen LogP contribution in [0.2, 0.25) is 0 Å². The van der Waals surface area contributed by atoms with Crippen LogP contribution in [0.15, 0.2) is 12.2 Å². The van der Waals surface area contributed by atoms with E-state index >= 15 is 8.78 Å². The highest BCUT2D eigenvalue weighted by atomic mass is 19.4. The third-order valence-electron chi connectivity index (χ3n) is 7.60. The Balaban J connectivity index is 1.69. The average molecular weight is 422 g/mol. The van der Waals surface area contributed by atoms with Crippen molar-refractivity contribution in [2.45, 2.75) is 56.3 Å². The predicted molar refractivity (Wildman–Crippen MR) is 84.2 cm³/mol. The second kappa shape index (κ2) is 5.31. The number of allylic oxidation sites excluding steroid dienone is 2. The smallest absolute Gasteiger partial charge is 0.449 e. The molecule has 10 heteroatoms. The van der Waals surface area contributed by atoms with Crippen molar-refractivity contribution >= 4 is 11.9 Å². The number of ether oxygens (including phenoxy) is 3. The molecule has 0 amide bonds. The molecular weight excluding hydrogens is 403 g/mol. The van der Waals surface area contributed by atoms with Gasteiger partial charge in [-0.05, 0) is 42.4 Å². The first-order chi connectivity index (χ1) is 13.4. The van der Waals surface area contributed by atoms with Crippen LogP contribution in [0, 0.1) is 35.5 Å². The standard InChI is InChI=1S/C19H19F5O5/c1-7(25)27-16-12-6-11(13-9-3-4-10(5-9)14(12)13)15(16)29-18(17(16,20)21,19(22,23)24)28-8(2)26/h3-4,9-15H,5-6H2,1-2H3. The van der Waals surface area contributed by atoms with Crippen molar-refractivity contribution in [1.29, 1.82) is 0 Å². The second-order valence-corrected chi connectivity index (χ2v) is 8.82. The first-order valence-corrected chi connectivity index (χ1v) is 9.57. The highest BCUT2D eigenvalue weighted by Gasteiger charge is 2.95. The van der Waals surface area contributed by atoms with Crippen molar-refractivity contribution in [3.63, 3.8) is 0 Å². The fraction of sp³-hybridized carbons (Fsp3) is 0.789. The van der Waals surface area contributed by atoms with Gasteiger partial charge in [0.15, 0.2) is 0 Å². The van der Waals surface area contributed by atoms with Gasteiger partial charge in [0.2, 0.25) is 5.60 Å². The number of esters is 2. The molecule has 4 bridgehead atoms. The van der Waals surface area contributed by atoms with E-state index in [-0.39, 0.29) is 30.1 Å². The van der Waals surface area contributed by atoms with Crippen molar-refractivity contribution in [1.82, 2.24) is 0 Å². The molecule has 1 aliphatic heterocycles. The van der Waals surface area contributed by atoms with E-state index < -0.39 is 53.4 Å². The molecule has 4 fully saturated rings. The molecule has 4 aliphatic carbocycles. The van der Waals surface area contributed by atoms with E-state index in [9.17, 15) is 22.8 Å². The Labute approximate surface area is 162 Å². The zero-order valence-corrected chi connectivity index (χ0v) is 15.5. The molecule has 1 heterocycles. The number of alkyl halides is 5. The molecule has 9 atom stereocenters. The van der Waals surface area contributed by atoms with E-state index in [2.05, 4.69) is 4.74 Å². The third-order valence-corrected chi connectivity index (χ3v) is 7.60. The fourth-order valence-electron chi connectivity index (χ4n) is 7.12. The summed E-state index contributed by atoms with van der Waals surface area (Å²) in [5.41, 5.74) is -2.83. The largest absolute Gasteiger partial charge is 0.462 e. The first-order valence-electron chi connectivity index (χ1n) is 9.57. The van der Waals surface area contributed by atoms with Gasteiger partial charge in [-0.1, -0.05) is 12.2 Å². The zero-order chi connectivity index (χ0) is 21.1. The van der Waals surface area contributed by atoms with Crippen LogP contribution in [-0.2, 0) is 23.8 Å². The van der Waals surface area contributed by atoms with Gasteiger partial charge in [-0.2, -0.15) is 22.0 Å². The molecular formula is C19H19F5O5. The van der Waals surface area contributed by atoms with Gasteiger partial charge in [-0.15, -0.1) is 0 Å². The van der Waals surface area contributed by atoms with Crippen LogP contribution in [0.3, 0.4) is 0 Å². The monoisotopic (exact) mass is 422 g/mol. The lowest BCUT2D eigenvalue weighted by atomic mass is 9.64. The Morgan fingerprint density at radius 3 is 2.14 bits per heavy atom. The van der Waals surface area contributed by atoms with E-state index in [0.717, 1.165) is 13.3 Å². The zero-order valence-electron chi connectivity index (χ0n) is 15.5. The van der Waals surface area contributed by atoms with Gasteiger partial charge in [-0.3, -0.25) is 9.59 Å². The number of hydrogen-bond acceptors (Lipinski definition) is 5. The number of hydrogen-bond donors (Lipinski definition) is 0. The lowest BCUT2D eigenvalue weighted by Crippen LogP contribution is -2.69. The summed E-state index contributed by atoms with van der Waals surface area (Å²) in [4.78, 5) is 23.2. The van der Waals surface area contributed by atoms with Gasteiger partial charge >= 0.3 is 29.8 Å². The molecule has 1 saturated heterocycles. The molecule has 3 saturated carbocycles. The Hall–Kier alpha value is -1.71. The molecule has 9 unspecified atom stereocenters. The van der Waals surface area contributed by atoms with Gasteiger partial charge in [0.05, 0.1) is 0 Å². The minimum Gasteiger partial charge on any atom is -0.449 e. The lowest BCUT2D eigenvalue weighted by molar-refractivity contribution is -0.415. The Bertz CT molecular complexity index is 824. The van der Waals surface area contributed by atoms with Gasteiger partial charge < -0.3 is 14.2 Å². The minimum atomic E-state index is -5.73. The van der Waals surface area contributed by atoms with Gasteiger partial charge in [0, 0.05) is 19.8 Å². The van der Waals surface area contributed by atoms with E-state index in [1.54, 1.807) is 0 Å². The number of halogens is 5. The second-order valence-electron chi connectivity index (χ2n) is 8.82. The number of carbonyl (C=O) groups is 2. The van der Waals surface area contributed by atoms with Crippen LogP contribution in [0.1, 0.15) is 26.7 Å². The molecule has 29 heavy (non-hydrogen) atoms. The Kier molecular flexibility index (Phi) is 3.53. The van der Waals surface area contributed by atoms with Crippen molar-refractivity contribution in [2.75, 3.05) is 0 Å². The van der Waals surface area contributed by atoms with Crippen LogP contribution in [0.4, 0.5) is 22.0 Å². The summed E-state index contributed by atoms with van der Waals surface area (Å²) in [6.07, 6.45) is -2.60. The lowest BCUT2D eigenvalue weighted by Gasteiger charge is -2.47. The maximum absolute atomic E-state index is 15.8. The van der Waals surface area contributed by atoms with Gasteiger partial charge in [-0.25, -0.2) is 0 Å². The van der Waals surface area contributed by atoms with Crippen molar-refractivity contribution in [3.05, 3.63) is 12.2 Å². The Morgan fingerprint density at radius 2 is 1.59 bits per heavy atom. The van der Waals surface area contributed by atoms with Crippen LogP contribution in [-0.4, -0.2) is 41.5 Å². The predicted octanol–water partition coefficient (Wildman–Crippen LogP) is 3.23. The highest BCUT2D eigenvalue weighted by molar-refractivity contribution is 5.68. The van der Waals surface area contributed by atoms with Crippen LogP contribution in [0.25, 0.3) is 0 Å². The molecule has 0 N–H and O–H groups in total. The normalized spacial score (nSPS) is 50.5. The molecule has 0 spiro atoms. The molecule has 160 valence electrons. The van der Waals surface area contributed by atoms with Crippen molar-refractivity contribution < 1.29 is 45.8 Å². The number of carbonyl (C=O) groups excluding carboxylic acids is 2. The third kappa shape index (κ3) is 1.95. The molecule has 0 aromatic rings. The van der Waals surface area contributed by atoms with E-state index in [1.165, 1.54) is 0 Å². The van der Waals surface area contributed by atoms with E-state index in [4.69, 9.17) is 9.47 Å². The van der Waals surface area contributed by atoms with Crippen LogP contribution < -0.4 is 0 Å². The molecule has 0 aromatic carbocycles. The van der Waals surface area contributed by atoms with Crippen molar-refractivity contribution in [3.8, 4) is 0 Å². The first kappa shape index (κ1) is 19.3. The van der Waals surface area contributed by atoms with E-state index in [1.807, 2.05) is 12.2 Å². The van der Waals surface area contributed by atoms with Gasteiger partial charge in [0.25, 0.3) is 0 Å². The van der Waals surface area contributed by atoms with Gasteiger partial charge in [0.1, 0.15) is 6.10 Å². The average Bonchev–Trinajstić information content (AvgIpc) is 3.31. The fourth-order valence-corrected chi connectivity index (χ4v) is 7.12. The molecule has 0 aromatic heterocycles. The van der Waals surface area contributed by atoms with Crippen LogP contribution in [0.5, 0.6) is 0 Å². The van der Waals surface area contributed by atoms with E-state index in [0.29, 0.717) is 6.92 Å². The number of rotatable bonds is 2. The topological polar surface area (TPSA) is 61.8 Å². The maximum atomic E-state index is 15.8. The molecule has 5 rings (SSSR count). The maximum Gasteiger partial charge on any atom is 0.462 e. The molecule has 5 aliphatic rings. The van der Waals surface area contributed by atoms with Crippen LogP contribution >= 0.6 is 0 Å². The quantitative estimate of drug-likeness (QED) is 0.296. The minimum absolute atomic E-state index is 0.0428. The summed E-state index contributed by atoms with van der Waals surface area (Å²) >= 11 is 0. The Morgan fingerprint density at radius 1 is 1.00 bits per heavy atom. The van der Waals surface area contributed by atoms with Crippen molar-refractivity contribution in [2.24, 2.45) is 35.5 Å². The summed E-state index contributed by atoms with van der Waals surface area (Å²) in [5, 5.41) is 0. The highest BCUT2D eigenvalue weighted by Crippen LogP contribution is 2.76. The summed E-state index contributed by atoms with van der Waals surface area (Å²) in [7, 11) is 0. The molecule has 5 nitrogen and oxygen atoms in total. The summed E-state index contributed by atoms with van der Waals surface area (Å²) in [6, 6.07) is 0. The summed E-state index contributed by atoms with van der Waals surface area (Å²) in [6.45, 7) is 1.48. The summed E-state index contributed by atoms with van der Waals surface area (Å²) in [5.74, 6) is -14.0. The SMILES string of the molecule is CC(=O)OC12C3CC(C4C5C=CC(C5)C43)C1OC(OC(C)=O)(C(F)(F)F)C2(F)F. The molecule has 0 radical (unpaired) electrons. The summed E-state index contributed by atoms with van der Waals surface area (Å²) < 4.78 is 87.9.